The number of hydrogen-bond acceptors (Lipinski definition) is 5. The highest BCUT2D eigenvalue weighted by atomic mass is 16.2. The molecule has 0 spiro atoms. The van der Waals surface area contributed by atoms with Crippen molar-refractivity contribution in [2.45, 2.75) is 13.0 Å². The quantitative estimate of drug-likeness (QED) is 0.490. The van der Waals surface area contributed by atoms with E-state index in [2.05, 4.69) is 10.1 Å². The fraction of sp³-hybridized carbons (Fsp3) is 0.227. The van der Waals surface area contributed by atoms with Crippen molar-refractivity contribution in [1.29, 1.82) is 0 Å². The third-order valence-electron chi connectivity index (χ3n) is 5.20. The molecule has 0 bridgehead atoms. The van der Waals surface area contributed by atoms with Crippen LogP contribution in [0.2, 0.25) is 0 Å². The summed E-state index contributed by atoms with van der Waals surface area (Å²) in [6.07, 6.45) is 2.98. The molecule has 1 fully saturated rings. The van der Waals surface area contributed by atoms with Gasteiger partial charge in [0.2, 0.25) is 5.78 Å². The second-order valence-electron chi connectivity index (χ2n) is 7.18. The van der Waals surface area contributed by atoms with Crippen LogP contribution in [0.25, 0.3) is 5.69 Å². The van der Waals surface area contributed by atoms with Crippen LogP contribution in [0.3, 0.4) is 0 Å². The van der Waals surface area contributed by atoms with Crippen molar-refractivity contribution in [3.8, 4) is 5.69 Å². The Morgan fingerprint density at radius 3 is 2.30 bits per heavy atom. The van der Waals surface area contributed by atoms with Crippen LogP contribution in [0.1, 0.15) is 27.6 Å². The standard InChI is InChI=1S/C22H21N5O3/c1-16-13-25(21(29)18-5-3-2-4-6-18)11-12-26(16)22(30)20(28)17-7-9-19(10-8-17)27-15-23-14-24-27/h2-10,14-16H,11-13H2,1H3/t16-/m1/s1. The van der Waals surface area contributed by atoms with E-state index in [1.54, 1.807) is 57.2 Å². The normalized spacial score (nSPS) is 16.4. The van der Waals surface area contributed by atoms with E-state index in [0.29, 0.717) is 30.8 Å². The van der Waals surface area contributed by atoms with E-state index in [0.717, 1.165) is 5.69 Å². The molecule has 0 aliphatic carbocycles. The number of piperazine rings is 1. The Morgan fingerprint density at radius 2 is 1.67 bits per heavy atom. The van der Waals surface area contributed by atoms with Gasteiger partial charge in [0.1, 0.15) is 12.7 Å². The minimum atomic E-state index is -0.560. The number of nitrogens with zero attached hydrogens (tertiary/aromatic N) is 5. The first-order valence-corrected chi connectivity index (χ1v) is 9.69. The number of carbonyl (C=O) groups is 3. The number of ketones is 1. The predicted molar refractivity (Wildman–Crippen MR) is 109 cm³/mol. The van der Waals surface area contributed by atoms with Crippen LogP contribution < -0.4 is 0 Å². The molecule has 30 heavy (non-hydrogen) atoms. The van der Waals surface area contributed by atoms with Crippen molar-refractivity contribution in [3.05, 3.63) is 78.4 Å². The Balaban J connectivity index is 1.41. The molecular weight excluding hydrogens is 382 g/mol. The zero-order valence-electron chi connectivity index (χ0n) is 16.5. The maximum atomic E-state index is 12.8. The Morgan fingerprint density at radius 1 is 0.933 bits per heavy atom. The summed E-state index contributed by atoms with van der Waals surface area (Å²) in [6.45, 7) is 2.95. The fourth-order valence-corrected chi connectivity index (χ4v) is 3.57. The van der Waals surface area contributed by atoms with E-state index in [9.17, 15) is 14.4 Å². The number of Topliss-reactive ketones (excluding diaryl/α,β-unsaturated/α-hetero) is 1. The topological polar surface area (TPSA) is 88.4 Å². The summed E-state index contributed by atoms with van der Waals surface area (Å²) in [4.78, 5) is 45.3. The van der Waals surface area contributed by atoms with Gasteiger partial charge in [-0.05, 0) is 43.3 Å². The fourth-order valence-electron chi connectivity index (χ4n) is 3.57. The summed E-state index contributed by atoms with van der Waals surface area (Å²) in [5.74, 6) is -1.18. The monoisotopic (exact) mass is 403 g/mol. The zero-order valence-corrected chi connectivity index (χ0v) is 16.5. The van der Waals surface area contributed by atoms with Gasteiger partial charge in [0.25, 0.3) is 11.8 Å². The lowest BCUT2D eigenvalue weighted by Crippen LogP contribution is -2.56. The smallest absolute Gasteiger partial charge is 0.295 e. The first-order valence-electron chi connectivity index (χ1n) is 9.69. The molecule has 1 atom stereocenters. The van der Waals surface area contributed by atoms with E-state index in [4.69, 9.17) is 0 Å². The van der Waals surface area contributed by atoms with E-state index < -0.39 is 11.7 Å². The Labute approximate surface area is 173 Å². The van der Waals surface area contributed by atoms with Crippen LogP contribution in [-0.4, -0.2) is 67.8 Å². The van der Waals surface area contributed by atoms with Gasteiger partial charge < -0.3 is 9.80 Å². The van der Waals surface area contributed by atoms with Gasteiger partial charge in [-0.15, -0.1) is 0 Å². The molecule has 8 heteroatoms. The van der Waals surface area contributed by atoms with Crippen molar-refractivity contribution < 1.29 is 14.4 Å². The van der Waals surface area contributed by atoms with Crippen molar-refractivity contribution in [3.63, 3.8) is 0 Å². The van der Waals surface area contributed by atoms with Gasteiger partial charge in [-0.3, -0.25) is 14.4 Å². The Bertz CT molecular complexity index is 1050. The first-order chi connectivity index (χ1) is 14.5. The third kappa shape index (κ3) is 3.84. The van der Waals surface area contributed by atoms with Crippen molar-refractivity contribution in [2.24, 2.45) is 0 Å². The molecule has 3 aromatic rings. The van der Waals surface area contributed by atoms with Crippen molar-refractivity contribution in [2.75, 3.05) is 19.6 Å². The molecule has 0 saturated carbocycles. The number of amides is 2. The van der Waals surface area contributed by atoms with Gasteiger partial charge >= 0.3 is 0 Å². The summed E-state index contributed by atoms with van der Waals surface area (Å²) < 4.78 is 1.57. The summed E-state index contributed by atoms with van der Waals surface area (Å²) in [7, 11) is 0. The molecule has 1 aliphatic rings. The summed E-state index contributed by atoms with van der Waals surface area (Å²) in [5.41, 5.74) is 1.68. The highest BCUT2D eigenvalue weighted by Gasteiger charge is 2.33. The lowest BCUT2D eigenvalue weighted by molar-refractivity contribution is -0.130. The van der Waals surface area contributed by atoms with E-state index >= 15 is 0 Å². The highest BCUT2D eigenvalue weighted by Crippen LogP contribution is 2.16. The third-order valence-corrected chi connectivity index (χ3v) is 5.20. The molecule has 8 nitrogen and oxygen atoms in total. The molecule has 0 N–H and O–H groups in total. The van der Waals surface area contributed by atoms with E-state index in [-0.39, 0.29) is 11.9 Å². The Hall–Kier alpha value is -3.81. The number of benzene rings is 2. The second kappa shape index (κ2) is 8.28. The second-order valence-corrected chi connectivity index (χ2v) is 7.18. The van der Waals surface area contributed by atoms with Gasteiger partial charge in [-0.25, -0.2) is 9.67 Å². The average molecular weight is 403 g/mol. The largest absolute Gasteiger partial charge is 0.335 e. The molecule has 152 valence electrons. The molecule has 0 radical (unpaired) electrons. The first kappa shape index (κ1) is 19.5. The molecule has 2 amide bonds. The highest BCUT2D eigenvalue weighted by molar-refractivity contribution is 6.42. The SMILES string of the molecule is C[C@@H]1CN(C(=O)c2ccccc2)CCN1C(=O)C(=O)c1ccc(-n2cncn2)cc1. The lowest BCUT2D eigenvalue weighted by atomic mass is 10.1. The van der Waals surface area contributed by atoms with Gasteiger partial charge in [-0.1, -0.05) is 18.2 Å². The van der Waals surface area contributed by atoms with Crippen LogP contribution in [0.15, 0.2) is 67.3 Å². The molecule has 2 aromatic carbocycles. The van der Waals surface area contributed by atoms with Crippen LogP contribution in [0.4, 0.5) is 0 Å². The van der Waals surface area contributed by atoms with Crippen LogP contribution in [0.5, 0.6) is 0 Å². The van der Waals surface area contributed by atoms with Gasteiger partial charge in [0.05, 0.1) is 5.69 Å². The van der Waals surface area contributed by atoms with Crippen molar-refractivity contribution in [1.82, 2.24) is 24.6 Å². The lowest BCUT2D eigenvalue weighted by Gasteiger charge is -2.39. The summed E-state index contributed by atoms with van der Waals surface area (Å²) >= 11 is 0. The maximum Gasteiger partial charge on any atom is 0.295 e. The maximum absolute atomic E-state index is 12.8. The van der Waals surface area contributed by atoms with Crippen LogP contribution in [0, 0.1) is 0 Å². The van der Waals surface area contributed by atoms with Gasteiger partial charge in [-0.2, -0.15) is 5.10 Å². The number of carbonyl (C=O) groups excluding carboxylic acids is 3. The molecule has 4 rings (SSSR count). The van der Waals surface area contributed by atoms with Gasteiger partial charge in [0.15, 0.2) is 0 Å². The number of rotatable bonds is 4. The number of hydrogen-bond donors (Lipinski definition) is 0. The molecule has 2 heterocycles. The van der Waals surface area contributed by atoms with E-state index in [1.807, 2.05) is 25.1 Å². The Kier molecular flexibility index (Phi) is 5.38. The molecule has 1 aromatic heterocycles. The van der Waals surface area contributed by atoms with Crippen LogP contribution in [-0.2, 0) is 4.79 Å². The number of aromatic nitrogens is 3. The van der Waals surface area contributed by atoms with E-state index in [1.165, 1.54) is 6.33 Å². The summed E-state index contributed by atoms with van der Waals surface area (Å²) in [6, 6.07) is 15.5. The molecule has 1 aliphatic heterocycles. The van der Waals surface area contributed by atoms with Gasteiger partial charge in [0, 0.05) is 36.8 Å². The minimum Gasteiger partial charge on any atom is -0.335 e. The molecular formula is C22H21N5O3. The minimum absolute atomic E-state index is 0.0652. The summed E-state index contributed by atoms with van der Waals surface area (Å²) in [5, 5.41) is 4.04. The molecule has 1 saturated heterocycles. The predicted octanol–water partition coefficient (Wildman–Crippen LogP) is 1.82. The van der Waals surface area contributed by atoms with Crippen molar-refractivity contribution >= 4 is 17.6 Å². The average Bonchev–Trinajstić information content (AvgIpc) is 3.33. The zero-order chi connectivity index (χ0) is 21.1. The molecule has 0 unspecified atom stereocenters. The van der Waals surface area contributed by atoms with Crippen LogP contribution >= 0.6 is 0 Å².